The van der Waals surface area contributed by atoms with Gasteiger partial charge in [0.15, 0.2) is 0 Å². The third-order valence-electron chi connectivity index (χ3n) is 3.71. The van der Waals surface area contributed by atoms with Gasteiger partial charge in [0.05, 0.1) is 5.39 Å². The number of anilines is 1. The number of alkyl halides is 3. The summed E-state index contributed by atoms with van der Waals surface area (Å²) < 4.78 is 49.8. The van der Waals surface area contributed by atoms with Gasteiger partial charge in [-0.3, -0.25) is 4.79 Å². The number of furan rings is 1. The van der Waals surface area contributed by atoms with Crippen LogP contribution in [0.2, 0.25) is 0 Å². The van der Waals surface area contributed by atoms with E-state index in [2.05, 4.69) is 20.5 Å². The largest absolute Gasteiger partial charge is 0.433 e. The highest BCUT2D eigenvalue weighted by atomic mass is 19.4. The van der Waals surface area contributed by atoms with E-state index in [9.17, 15) is 18.0 Å². The van der Waals surface area contributed by atoms with Crippen LogP contribution in [0.4, 0.5) is 18.9 Å². The van der Waals surface area contributed by atoms with Crippen LogP contribution in [0.5, 0.6) is 0 Å². The number of rotatable bonds is 6. The molecule has 1 N–H and O–H groups in total. The summed E-state index contributed by atoms with van der Waals surface area (Å²) in [5.74, 6) is 0.00492. The normalized spacial score (nSPS) is 11.9. The van der Waals surface area contributed by atoms with Gasteiger partial charge in [-0.25, -0.2) is 4.98 Å². The highest BCUT2D eigenvalue weighted by molar-refractivity contribution is 6.04. The van der Waals surface area contributed by atoms with Crippen LogP contribution < -0.4 is 5.32 Å². The summed E-state index contributed by atoms with van der Waals surface area (Å²) in [5, 5.41) is 10.6. The molecule has 0 aliphatic rings. The minimum atomic E-state index is -4.62. The Bertz CT molecular complexity index is 962. The van der Waals surface area contributed by atoms with Crippen molar-refractivity contribution in [1.29, 1.82) is 0 Å². The molecular formula is C17H17F3N4O3. The molecule has 3 aromatic heterocycles. The number of hydrogen-bond acceptors (Lipinski definition) is 6. The number of fused-ring (bicyclic) bond motifs is 1. The second kappa shape index (κ2) is 7.37. The van der Waals surface area contributed by atoms with E-state index in [1.807, 2.05) is 13.8 Å². The number of aryl methyl sites for hydroxylation is 1. The number of nitrogens with zero attached hydrogens (tertiary/aromatic N) is 3. The van der Waals surface area contributed by atoms with Crippen molar-refractivity contribution in [3.05, 3.63) is 23.7 Å². The Balaban J connectivity index is 2.12. The van der Waals surface area contributed by atoms with Crippen molar-refractivity contribution in [2.24, 2.45) is 0 Å². The average Bonchev–Trinajstić information content (AvgIpc) is 3.19. The maximum absolute atomic E-state index is 12.9. The summed E-state index contributed by atoms with van der Waals surface area (Å²) in [6.45, 7) is 3.77. The van der Waals surface area contributed by atoms with Crippen molar-refractivity contribution in [3.63, 3.8) is 0 Å². The minimum Gasteiger partial charge on any atom is -0.430 e. The van der Waals surface area contributed by atoms with Crippen molar-refractivity contribution < 1.29 is 26.8 Å². The van der Waals surface area contributed by atoms with Gasteiger partial charge in [0.25, 0.3) is 5.89 Å². The van der Waals surface area contributed by atoms with Crippen molar-refractivity contribution in [2.75, 3.05) is 5.32 Å². The molecule has 0 aliphatic carbocycles. The molecule has 0 aliphatic heterocycles. The molecule has 3 heterocycles. The molecule has 0 spiro atoms. The van der Waals surface area contributed by atoms with Gasteiger partial charge in [-0.2, -0.15) is 13.2 Å². The lowest BCUT2D eigenvalue weighted by Gasteiger charge is -2.05. The number of nitrogens with one attached hydrogen (secondary N) is 1. The highest BCUT2D eigenvalue weighted by Crippen LogP contribution is 2.38. The molecule has 0 fully saturated rings. The summed E-state index contributed by atoms with van der Waals surface area (Å²) >= 11 is 0. The van der Waals surface area contributed by atoms with Gasteiger partial charge < -0.3 is 14.2 Å². The summed E-state index contributed by atoms with van der Waals surface area (Å²) in [6, 6.07) is 2.02. The van der Waals surface area contributed by atoms with E-state index in [0.717, 1.165) is 12.5 Å². The van der Waals surface area contributed by atoms with Gasteiger partial charge in [0.2, 0.25) is 23.3 Å². The fraction of sp³-hybridized carbons (Fsp3) is 0.412. The van der Waals surface area contributed by atoms with E-state index in [-0.39, 0.29) is 40.8 Å². The first-order valence-corrected chi connectivity index (χ1v) is 8.46. The van der Waals surface area contributed by atoms with Crippen molar-refractivity contribution in [2.45, 2.75) is 45.7 Å². The van der Waals surface area contributed by atoms with E-state index in [1.165, 1.54) is 6.07 Å². The third-order valence-corrected chi connectivity index (χ3v) is 3.71. The van der Waals surface area contributed by atoms with E-state index in [0.29, 0.717) is 18.7 Å². The molecule has 1 amide bonds. The van der Waals surface area contributed by atoms with Crippen LogP contribution in [-0.4, -0.2) is 21.1 Å². The quantitative estimate of drug-likeness (QED) is 0.670. The predicted octanol–water partition coefficient (Wildman–Crippen LogP) is 4.59. The number of carbonyl (C=O) groups is 1. The molecule has 7 nitrogen and oxygen atoms in total. The number of carbonyl (C=O) groups excluding carboxylic acids is 1. The summed E-state index contributed by atoms with van der Waals surface area (Å²) in [7, 11) is 0. The lowest BCUT2D eigenvalue weighted by molar-refractivity contribution is -0.141. The fourth-order valence-electron chi connectivity index (χ4n) is 2.50. The molecule has 0 bridgehead atoms. The molecule has 0 radical (unpaired) electrons. The molecule has 3 rings (SSSR count). The van der Waals surface area contributed by atoms with Crippen LogP contribution in [-0.2, 0) is 17.4 Å². The Kier molecular flexibility index (Phi) is 5.15. The molecule has 0 saturated heterocycles. The zero-order valence-electron chi connectivity index (χ0n) is 14.7. The van der Waals surface area contributed by atoms with Crippen LogP contribution in [0.25, 0.3) is 22.8 Å². The molecule has 0 unspecified atom stereocenters. The molecular weight excluding hydrogens is 365 g/mol. The van der Waals surface area contributed by atoms with Crippen molar-refractivity contribution in [1.82, 2.24) is 15.2 Å². The number of pyridine rings is 1. The Labute approximate surface area is 152 Å². The summed E-state index contributed by atoms with van der Waals surface area (Å²) in [4.78, 5) is 15.6. The van der Waals surface area contributed by atoms with E-state index < -0.39 is 11.9 Å². The third kappa shape index (κ3) is 3.93. The monoisotopic (exact) mass is 382 g/mol. The number of aromatic nitrogens is 3. The molecule has 0 atom stereocenters. The lowest BCUT2D eigenvalue weighted by atomic mass is 10.2. The first-order chi connectivity index (χ1) is 12.8. The van der Waals surface area contributed by atoms with Crippen LogP contribution in [0, 0.1) is 0 Å². The van der Waals surface area contributed by atoms with Crippen molar-refractivity contribution in [3.8, 4) is 11.7 Å². The van der Waals surface area contributed by atoms with Crippen molar-refractivity contribution >= 4 is 22.7 Å². The first-order valence-electron chi connectivity index (χ1n) is 8.46. The molecule has 3 aromatic rings. The zero-order valence-corrected chi connectivity index (χ0v) is 14.7. The Morgan fingerprint density at radius 2 is 1.93 bits per heavy atom. The highest BCUT2D eigenvalue weighted by Gasteiger charge is 2.34. The smallest absolute Gasteiger partial charge is 0.430 e. The van der Waals surface area contributed by atoms with Gasteiger partial charge in [-0.1, -0.05) is 13.8 Å². The summed E-state index contributed by atoms with van der Waals surface area (Å²) in [6.07, 6.45) is -2.45. The Morgan fingerprint density at radius 1 is 1.15 bits per heavy atom. The second-order valence-corrected chi connectivity index (χ2v) is 5.90. The maximum atomic E-state index is 12.9. The molecule has 0 aromatic carbocycles. The maximum Gasteiger partial charge on any atom is 0.433 e. The molecule has 144 valence electrons. The molecule has 10 heteroatoms. The van der Waals surface area contributed by atoms with Crippen LogP contribution in [0.3, 0.4) is 0 Å². The van der Waals surface area contributed by atoms with Crippen LogP contribution in [0.1, 0.15) is 44.7 Å². The van der Waals surface area contributed by atoms with Crippen LogP contribution >= 0.6 is 0 Å². The molecule has 0 saturated carbocycles. The Morgan fingerprint density at radius 3 is 2.59 bits per heavy atom. The lowest BCUT2D eigenvalue weighted by Crippen LogP contribution is -2.11. The van der Waals surface area contributed by atoms with Gasteiger partial charge in [-0.05, 0) is 25.0 Å². The van der Waals surface area contributed by atoms with E-state index >= 15 is 0 Å². The zero-order chi connectivity index (χ0) is 19.6. The number of hydrogen-bond donors (Lipinski definition) is 1. The van der Waals surface area contributed by atoms with Gasteiger partial charge in [0.1, 0.15) is 11.4 Å². The fourth-order valence-corrected chi connectivity index (χ4v) is 2.50. The summed E-state index contributed by atoms with van der Waals surface area (Å²) in [5.41, 5.74) is -1.21. The molecule has 27 heavy (non-hydrogen) atoms. The average molecular weight is 382 g/mol. The van der Waals surface area contributed by atoms with E-state index in [1.54, 1.807) is 0 Å². The minimum absolute atomic E-state index is 0.0175. The number of halogens is 3. The second-order valence-electron chi connectivity index (χ2n) is 5.90. The predicted molar refractivity (Wildman–Crippen MR) is 89.8 cm³/mol. The van der Waals surface area contributed by atoms with Gasteiger partial charge in [0, 0.05) is 12.8 Å². The Hall–Kier alpha value is -2.91. The van der Waals surface area contributed by atoms with Gasteiger partial charge >= 0.3 is 6.18 Å². The first kappa shape index (κ1) is 18.9. The number of amides is 1. The van der Waals surface area contributed by atoms with Gasteiger partial charge in [-0.15, -0.1) is 10.2 Å². The van der Waals surface area contributed by atoms with Crippen LogP contribution in [0.15, 0.2) is 21.0 Å². The topological polar surface area (TPSA) is 94.1 Å². The van der Waals surface area contributed by atoms with E-state index in [4.69, 9.17) is 8.83 Å². The standard InChI is InChI=1S/C17H17F3N4O3/c1-3-5-11(25)22-13-9-7-8-10(17(18,19)20)21-15(9)27-14(13)16-24-23-12(26-16)6-4-2/h7-8H,3-6H2,1-2H3,(H,22,25). The SMILES string of the molecule is CCCC(=O)Nc1c(-c2nnc(CCC)o2)oc2nc(C(F)(F)F)ccc12.